The maximum absolute atomic E-state index is 14.6. The summed E-state index contributed by atoms with van der Waals surface area (Å²) in [5.41, 5.74) is 3.77. The fourth-order valence-electron chi connectivity index (χ4n) is 5.81. The summed E-state index contributed by atoms with van der Waals surface area (Å²) in [5.74, 6) is -0.780. The summed E-state index contributed by atoms with van der Waals surface area (Å²) in [6.07, 6.45) is 4.11. The van der Waals surface area contributed by atoms with Crippen molar-refractivity contribution in [3.05, 3.63) is 130 Å². The zero-order chi connectivity index (χ0) is 32.7. The largest absolute Gasteiger partial charge is 0.352 e. The first kappa shape index (κ1) is 33.2. The molecule has 0 aromatic heterocycles. The van der Waals surface area contributed by atoms with Gasteiger partial charge in [0, 0.05) is 24.0 Å². The minimum atomic E-state index is -4.16. The third kappa shape index (κ3) is 8.17. The van der Waals surface area contributed by atoms with Gasteiger partial charge >= 0.3 is 0 Å². The minimum absolute atomic E-state index is 0.0282. The fraction of sp³-hybridized carbons (Fsp3) is 0.297. The maximum Gasteiger partial charge on any atom is 0.264 e. The summed E-state index contributed by atoms with van der Waals surface area (Å²) in [4.78, 5) is 30.3. The van der Waals surface area contributed by atoms with Gasteiger partial charge in [-0.2, -0.15) is 0 Å². The van der Waals surface area contributed by atoms with Crippen molar-refractivity contribution < 1.29 is 18.0 Å². The first-order valence-corrected chi connectivity index (χ1v) is 17.5. The Kier molecular flexibility index (Phi) is 10.8. The van der Waals surface area contributed by atoms with E-state index in [2.05, 4.69) is 5.32 Å². The number of aryl methyl sites for hydroxylation is 2. The van der Waals surface area contributed by atoms with E-state index in [-0.39, 0.29) is 29.8 Å². The molecule has 0 heterocycles. The van der Waals surface area contributed by atoms with Crippen LogP contribution in [0.5, 0.6) is 0 Å². The molecule has 0 spiro atoms. The number of carbonyl (C=O) groups is 2. The average molecular weight is 658 g/mol. The molecule has 5 rings (SSSR count). The molecular formula is C37H40ClN3O4S. The van der Waals surface area contributed by atoms with E-state index in [1.807, 2.05) is 68.4 Å². The SMILES string of the molecule is Cc1ccc(N(CC(=O)N(Cc2ccccc2Cl)[C@@H](Cc2ccccc2)C(=O)NC2CCCC2)S(=O)(=O)c2ccc(C)cc2)cc1. The van der Waals surface area contributed by atoms with Gasteiger partial charge in [-0.15, -0.1) is 0 Å². The number of hydrogen-bond donors (Lipinski definition) is 1. The number of rotatable bonds is 12. The quantitative estimate of drug-likeness (QED) is 0.181. The van der Waals surface area contributed by atoms with Gasteiger partial charge in [-0.05, 0) is 68.1 Å². The number of nitrogens with zero attached hydrogens (tertiary/aromatic N) is 2. The lowest BCUT2D eigenvalue weighted by Gasteiger charge is -2.34. The number of amides is 2. The van der Waals surface area contributed by atoms with E-state index < -0.39 is 28.5 Å². The van der Waals surface area contributed by atoms with Crippen molar-refractivity contribution in [1.82, 2.24) is 10.2 Å². The Hall–Kier alpha value is -4.14. The standard InChI is InChI=1S/C37H40ClN3O4S/c1-27-16-20-32(21-17-27)41(46(44,45)33-22-18-28(2)19-23-33)26-36(42)40(25-30-12-6-9-15-34(30)38)35(24-29-10-4-3-5-11-29)37(43)39-31-13-7-8-14-31/h3-6,9-12,15-23,31,35H,7-8,13-14,24-26H2,1-2H3,(H,39,43)/t35-/m0/s1. The summed E-state index contributed by atoms with van der Waals surface area (Å²) >= 11 is 6.59. The molecule has 1 aliphatic rings. The second-order valence-electron chi connectivity index (χ2n) is 12.0. The Morgan fingerprint density at radius 2 is 1.41 bits per heavy atom. The predicted octanol–water partition coefficient (Wildman–Crippen LogP) is 6.85. The van der Waals surface area contributed by atoms with Crippen molar-refractivity contribution in [1.29, 1.82) is 0 Å². The van der Waals surface area contributed by atoms with Crippen LogP contribution < -0.4 is 9.62 Å². The highest BCUT2D eigenvalue weighted by Gasteiger charge is 2.35. The van der Waals surface area contributed by atoms with Crippen LogP contribution in [0.25, 0.3) is 0 Å². The normalized spacial score (nSPS) is 14.1. The van der Waals surface area contributed by atoms with Crippen LogP contribution in [-0.2, 0) is 32.6 Å². The molecule has 0 radical (unpaired) electrons. The van der Waals surface area contributed by atoms with Gasteiger partial charge in [0.2, 0.25) is 11.8 Å². The van der Waals surface area contributed by atoms with Gasteiger partial charge in [-0.25, -0.2) is 8.42 Å². The van der Waals surface area contributed by atoms with Crippen molar-refractivity contribution in [2.75, 3.05) is 10.8 Å². The van der Waals surface area contributed by atoms with Crippen LogP contribution in [0.3, 0.4) is 0 Å². The van der Waals surface area contributed by atoms with Crippen molar-refractivity contribution in [2.24, 2.45) is 0 Å². The van der Waals surface area contributed by atoms with Crippen LogP contribution in [0.1, 0.15) is 47.9 Å². The van der Waals surface area contributed by atoms with Crippen LogP contribution in [0.15, 0.2) is 108 Å². The highest BCUT2D eigenvalue weighted by Crippen LogP contribution is 2.27. The van der Waals surface area contributed by atoms with Gasteiger partial charge in [0.15, 0.2) is 0 Å². The lowest BCUT2D eigenvalue weighted by atomic mass is 10.0. The van der Waals surface area contributed by atoms with E-state index in [0.29, 0.717) is 16.3 Å². The topological polar surface area (TPSA) is 86.8 Å². The van der Waals surface area contributed by atoms with E-state index in [1.165, 1.54) is 4.90 Å². The summed E-state index contributed by atoms with van der Waals surface area (Å²) in [6.45, 7) is 3.32. The molecule has 46 heavy (non-hydrogen) atoms. The average Bonchev–Trinajstić information content (AvgIpc) is 3.56. The summed E-state index contributed by atoms with van der Waals surface area (Å²) in [6, 6.07) is 29.4. The number of anilines is 1. The smallest absolute Gasteiger partial charge is 0.264 e. The first-order valence-electron chi connectivity index (χ1n) is 15.6. The van der Waals surface area contributed by atoms with Gasteiger partial charge in [-0.1, -0.05) is 108 Å². The number of benzene rings is 4. The second kappa shape index (κ2) is 15.0. The van der Waals surface area contributed by atoms with Crippen LogP contribution in [0.2, 0.25) is 5.02 Å². The molecule has 4 aromatic rings. The summed E-state index contributed by atoms with van der Waals surface area (Å²) < 4.78 is 29.5. The number of nitrogens with one attached hydrogen (secondary N) is 1. The predicted molar refractivity (Wildman–Crippen MR) is 183 cm³/mol. The molecule has 0 unspecified atom stereocenters. The zero-order valence-electron chi connectivity index (χ0n) is 26.2. The molecule has 1 fully saturated rings. The summed E-state index contributed by atoms with van der Waals surface area (Å²) in [5, 5.41) is 3.65. The van der Waals surface area contributed by atoms with E-state index in [1.54, 1.807) is 48.5 Å². The molecule has 0 bridgehead atoms. The molecular weight excluding hydrogens is 618 g/mol. The van der Waals surface area contributed by atoms with E-state index in [0.717, 1.165) is 46.7 Å². The van der Waals surface area contributed by atoms with Crippen LogP contribution >= 0.6 is 11.6 Å². The van der Waals surface area contributed by atoms with Crippen molar-refractivity contribution in [2.45, 2.75) is 69.5 Å². The fourth-order valence-corrected chi connectivity index (χ4v) is 7.42. The van der Waals surface area contributed by atoms with E-state index >= 15 is 0 Å². The highest BCUT2D eigenvalue weighted by atomic mass is 35.5. The molecule has 9 heteroatoms. The Labute approximate surface area is 277 Å². The highest BCUT2D eigenvalue weighted by molar-refractivity contribution is 7.92. The van der Waals surface area contributed by atoms with Crippen molar-refractivity contribution in [3.63, 3.8) is 0 Å². The molecule has 7 nitrogen and oxygen atoms in total. The number of carbonyl (C=O) groups excluding carboxylic acids is 2. The van der Waals surface area contributed by atoms with Gasteiger partial charge in [0.25, 0.3) is 10.0 Å². The molecule has 4 aromatic carbocycles. The van der Waals surface area contributed by atoms with Crippen LogP contribution in [-0.4, -0.2) is 43.8 Å². The number of hydrogen-bond acceptors (Lipinski definition) is 4. The van der Waals surface area contributed by atoms with E-state index in [9.17, 15) is 18.0 Å². The lowest BCUT2D eigenvalue weighted by molar-refractivity contribution is -0.140. The second-order valence-corrected chi connectivity index (χ2v) is 14.2. The van der Waals surface area contributed by atoms with E-state index in [4.69, 9.17) is 11.6 Å². The lowest BCUT2D eigenvalue weighted by Crippen LogP contribution is -2.54. The molecule has 1 aliphatic carbocycles. The monoisotopic (exact) mass is 657 g/mol. The van der Waals surface area contributed by atoms with Gasteiger partial charge < -0.3 is 10.2 Å². The van der Waals surface area contributed by atoms with Crippen molar-refractivity contribution in [3.8, 4) is 0 Å². The Balaban J connectivity index is 1.57. The molecule has 0 saturated heterocycles. The first-order chi connectivity index (χ1) is 22.1. The minimum Gasteiger partial charge on any atom is -0.352 e. The molecule has 1 saturated carbocycles. The van der Waals surface area contributed by atoms with Gasteiger partial charge in [-0.3, -0.25) is 13.9 Å². The third-order valence-electron chi connectivity index (χ3n) is 8.48. The van der Waals surface area contributed by atoms with Gasteiger partial charge in [0.1, 0.15) is 12.6 Å². The number of halogens is 1. The Bertz CT molecular complexity index is 1740. The van der Waals surface area contributed by atoms with Crippen molar-refractivity contribution >= 4 is 39.1 Å². The number of sulfonamides is 1. The molecule has 1 atom stereocenters. The molecule has 0 aliphatic heterocycles. The molecule has 240 valence electrons. The molecule has 2 amide bonds. The van der Waals surface area contributed by atoms with Crippen LogP contribution in [0, 0.1) is 13.8 Å². The van der Waals surface area contributed by atoms with Crippen LogP contribution in [0.4, 0.5) is 5.69 Å². The third-order valence-corrected chi connectivity index (χ3v) is 10.6. The summed E-state index contributed by atoms with van der Waals surface area (Å²) in [7, 11) is -4.16. The van der Waals surface area contributed by atoms with Gasteiger partial charge in [0.05, 0.1) is 10.6 Å². The maximum atomic E-state index is 14.6. The molecule has 1 N–H and O–H groups in total. The Morgan fingerprint density at radius 3 is 2.04 bits per heavy atom. The zero-order valence-corrected chi connectivity index (χ0v) is 27.8. The Morgan fingerprint density at radius 1 is 0.826 bits per heavy atom.